The smallest absolute Gasteiger partial charge is 0.294 e. The zero-order valence-electron chi connectivity index (χ0n) is 12.1. The SMILES string of the molecule is CC(=O)Nc1cc(N)ccc1N=Nc1cccc(S(=O)(=O)O)c1. The maximum Gasteiger partial charge on any atom is 0.294 e. The Morgan fingerprint density at radius 2 is 1.91 bits per heavy atom. The van der Waals surface area contributed by atoms with Crippen LogP contribution in [0.15, 0.2) is 57.6 Å². The molecule has 2 rings (SSSR count). The van der Waals surface area contributed by atoms with E-state index in [2.05, 4.69) is 15.5 Å². The molecule has 0 fully saturated rings. The van der Waals surface area contributed by atoms with Gasteiger partial charge in [0.15, 0.2) is 0 Å². The second-order valence-corrected chi connectivity index (χ2v) is 6.05. The monoisotopic (exact) mass is 334 g/mol. The Hall–Kier alpha value is -2.78. The molecule has 0 aromatic heterocycles. The Labute approximate surface area is 132 Å². The molecule has 2 aromatic carbocycles. The van der Waals surface area contributed by atoms with Gasteiger partial charge in [-0.15, -0.1) is 5.11 Å². The molecule has 4 N–H and O–H groups in total. The molecular weight excluding hydrogens is 320 g/mol. The van der Waals surface area contributed by atoms with Gasteiger partial charge in [-0.25, -0.2) is 0 Å². The highest BCUT2D eigenvalue weighted by molar-refractivity contribution is 7.85. The summed E-state index contributed by atoms with van der Waals surface area (Å²) in [5, 5.41) is 10.5. The average molecular weight is 334 g/mol. The van der Waals surface area contributed by atoms with Crippen LogP contribution in [-0.4, -0.2) is 18.9 Å². The third-order valence-corrected chi connectivity index (χ3v) is 3.57. The molecule has 2 aromatic rings. The fourth-order valence-electron chi connectivity index (χ4n) is 1.75. The van der Waals surface area contributed by atoms with E-state index < -0.39 is 10.1 Å². The third-order valence-electron chi connectivity index (χ3n) is 2.72. The molecule has 0 aliphatic carbocycles. The molecule has 0 unspecified atom stereocenters. The zero-order chi connectivity index (χ0) is 17.0. The minimum atomic E-state index is -4.31. The first-order chi connectivity index (χ1) is 10.8. The largest absolute Gasteiger partial charge is 0.399 e. The van der Waals surface area contributed by atoms with Gasteiger partial charge in [0, 0.05) is 12.6 Å². The van der Waals surface area contributed by atoms with Crippen LogP contribution in [0.4, 0.5) is 22.7 Å². The maximum absolute atomic E-state index is 11.2. The number of nitrogens with zero attached hydrogens (tertiary/aromatic N) is 2. The molecule has 0 atom stereocenters. The van der Waals surface area contributed by atoms with Crippen LogP contribution in [0, 0.1) is 0 Å². The topological polar surface area (TPSA) is 134 Å². The molecule has 0 saturated carbocycles. The van der Waals surface area contributed by atoms with E-state index in [1.807, 2.05) is 0 Å². The van der Waals surface area contributed by atoms with Crippen molar-refractivity contribution in [1.82, 2.24) is 0 Å². The normalized spacial score (nSPS) is 11.6. The van der Waals surface area contributed by atoms with Gasteiger partial charge >= 0.3 is 0 Å². The molecule has 0 spiro atoms. The Bertz CT molecular complexity index is 878. The van der Waals surface area contributed by atoms with Crippen molar-refractivity contribution in [2.45, 2.75) is 11.8 Å². The highest BCUT2D eigenvalue weighted by Crippen LogP contribution is 2.29. The minimum absolute atomic E-state index is 0.228. The van der Waals surface area contributed by atoms with Gasteiger partial charge in [0.1, 0.15) is 5.69 Å². The van der Waals surface area contributed by atoms with Gasteiger partial charge in [-0.2, -0.15) is 13.5 Å². The number of anilines is 2. The van der Waals surface area contributed by atoms with Crippen molar-refractivity contribution in [2.24, 2.45) is 10.2 Å². The predicted molar refractivity (Wildman–Crippen MR) is 85.6 cm³/mol. The summed E-state index contributed by atoms with van der Waals surface area (Å²) < 4.78 is 31.2. The van der Waals surface area contributed by atoms with Crippen LogP contribution >= 0.6 is 0 Å². The first-order valence-corrected chi connectivity index (χ1v) is 7.86. The minimum Gasteiger partial charge on any atom is -0.399 e. The van der Waals surface area contributed by atoms with E-state index in [-0.39, 0.29) is 16.5 Å². The van der Waals surface area contributed by atoms with Crippen molar-refractivity contribution in [3.8, 4) is 0 Å². The molecule has 8 nitrogen and oxygen atoms in total. The number of azo groups is 1. The fourth-order valence-corrected chi connectivity index (χ4v) is 2.27. The Morgan fingerprint density at radius 3 is 2.57 bits per heavy atom. The molecule has 120 valence electrons. The number of carbonyl (C=O) groups excluding carboxylic acids is 1. The lowest BCUT2D eigenvalue weighted by Crippen LogP contribution is -2.06. The lowest BCUT2D eigenvalue weighted by atomic mass is 10.2. The van der Waals surface area contributed by atoms with Crippen molar-refractivity contribution in [2.75, 3.05) is 11.1 Å². The Balaban J connectivity index is 2.35. The summed E-state index contributed by atoms with van der Waals surface area (Å²) in [5.74, 6) is -0.291. The highest BCUT2D eigenvalue weighted by atomic mass is 32.2. The molecule has 9 heteroatoms. The summed E-state index contributed by atoms with van der Waals surface area (Å²) in [7, 11) is -4.31. The number of benzene rings is 2. The van der Waals surface area contributed by atoms with Crippen LogP contribution in [-0.2, 0) is 14.9 Å². The van der Waals surface area contributed by atoms with Gasteiger partial charge in [0.25, 0.3) is 10.1 Å². The van der Waals surface area contributed by atoms with Crippen LogP contribution in [0.5, 0.6) is 0 Å². The van der Waals surface area contributed by atoms with Crippen molar-refractivity contribution in [3.63, 3.8) is 0 Å². The number of rotatable bonds is 4. The third kappa shape index (κ3) is 4.59. The van der Waals surface area contributed by atoms with E-state index in [1.54, 1.807) is 12.1 Å². The number of nitrogens with one attached hydrogen (secondary N) is 1. The van der Waals surface area contributed by atoms with E-state index in [0.29, 0.717) is 17.1 Å². The maximum atomic E-state index is 11.2. The van der Waals surface area contributed by atoms with Crippen molar-refractivity contribution >= 4 is 38.8 Å². The van der Waals surface area contributed by atoms with E-state index in [0.717, 1.165) is 0 Å². The van der Waals surface area contributed by atoms with E-state index in [9.17, 15) is 13.2 Å². The number of carbonyl (C=O) groups is 1. The number of nitrogens with two attached hydrogens (primary N) is 1. The van der Waals surface area contributed by atoms with Crippen molar-refractivity contribution in [1.29, 1.82) is 0 Å². The van der Waals surface area contributed by atoms with Crippen LogP contribution in [0.25, 0.3) is 0 Å². The standard InChI is InChI=1S/C14H14N4O4S/c1-9(19)16-14-7-10(15)5-6-13(14)18-17-11-3-2-4-12(8-11)23(20,21)22/h2-8H,15H2,1H3,(H,16,19)(H,20,21,22). The molecule has 0 bridgehead atoms. The van der Waals surface area contributed by atoms with Gasteiger partial charge in [-0.1, -0.05) is 6.07 Å². The summed E-state index contributed by atoms with van der Waals surface area (Å²) in [6.45, 7) is 1.35. The number of amides is 1. The summed E-state index contributed by atoms with van der Waals surface area (Å²) in [6, 6.07) is 10.0. The summed E-state index contributed by atoms with van der Waals surface area (Å²) >= 11 is 0. The second-order valence-electron chi connectivity index (χ2n) is 4.63. The molecule has 0 radical (unpaired) electrons. The summed E-state index contributed by atoms with van der Waals surface area (Å²) in [6.07, 6.45) is 0. The summed E-state index contributed by atoms with van der Waals surface area (Å²) in [4.78, 5) is 10.9. The number of hydrogen-bond donors (Lipinski definition) is 3. The lowest BCUT2D eigenvalue weighted by molar-refractivity contribution is -0.114. The van der Waals surface area contributed by atoms with E-state index in [1.165, 1.54) is 37.3 Å². The molecule has 1 amide bonds. The Kier molecular flexibility index (Phi) is 4.72. The lowest BCUT2D eigenvalue weighted by Gasteiger charge is -2.06. The van der Waals surface area contributed by atoms with Gasteiger partial charge in [0.2, 0.25) is 5.91 Å². The average Bonchev–Trinajstić information content (AvgIpc) is 2.45. The second kappa shape index (κ2) is 6.55. The number of nitrogen functional groups attached to an aromatic ring is 1. The van der Waals surface area contributed by atoms with Gasteiger partial charge in [-0.05, 0) is 36.4 Å². The van der Waals surface area contributed by atoms with Crippen LogP contribution in [0.3, 0.4) is 0 Å². The number of hydrogen-bond acceptors (Lipinski definition) is 6. The molecule has 0 aliphatic rings. The first kappa shape index (κ1) is 16.6. The summed E-state index contributed by atoms with van der Waals surface area (Å²) in [5.41, 5.74) is 7.07. The van der Waals surface area contributed by atoms with E-state index >= 15 is 0 Å². The van der Waals surface area contributed by atoms with Gasteiger partial charge in [0.05, 0.1) is 16.3 Å². The van der Waals surface area contributed by atoms with Gasteiger partial charge < -0.3 is 11.1 Å². The molecule has 0 aliphatic heterocycles. The fraction of sp³-hybridized carbons (Fsp3) is 0.0714. The molecule has 0 heterocycles. The molecule has 23 heavy (non-hydrogen) atoms. The van der Waals surface area contributed by atoms with Gasteiger partial charge in [-0.3, -0.25) is 9.35 Å². The van der Waals surface area contributed by atoms with Crippen LogP contribution in [0.1, 0.15) is 6.92 Å². The zero-order valence-corrected chi connectivity index (χ0v) is 12.9. The highest BCUT2D eigenvalue weighted by Gasteiger charge is 2.09. The van der Waals surface area contributed by atoms with E-state index in [4.69, 9.17) is 10.3 Å². The molecule has 0 saturated heterocycles. The quantitative estimate of drug-likeness (QED) is 0.449. The molecular formula is C14H14N4O4S. The predicted octanol–water partition coefficient (Wildman–Crippen LogP) is 2.89. The van der Waals surface area contributed by atoms with Crippen LogP contribution < -0.4 is 11.1 Å². The van der Waals surface area contributed by atoms with Crippen molar-refractivity contribution in [3.05, 3.63) is 42.5 Å². The van der Waals surface area contributed by atoms with Crippen LogP contribution in [0.2, 0.25) is 0 Å². The Morgan fingerprint density at radius 1 is 1.17 bits per heavy atom. The first-order valence-electron chi connectivity index (χ1n) is 6.42. The van der Waals surface area contributed by atoms with Crippen molar-refractivity contribution < 1.29 is 17.8 Å².